The molecule has 1 aromatic heterocycles. The zero-order valence-electron chi connectivity index (χ0n) is 14.5. The highest BCUT2D eigenvalue weighted by Crippen LogP contribution is 2.23. The van der Waals surface area contributed by atoms with Crippen LogP contribution in [-0.4, -0.2) is 31.3 Å². The van der Waals surface area contributed by atoms with Crippen molar-refractivity contribution in [2.45, 2.75) is 20.4 Å². The Kier molecular flexibility index (Phi) is 5.15. The van der Waals surface area contributed by atoms with Crippen LogP contribution in [0.25, 0.3) is 0 Å². The van der Waals surface area contributed by atoms with Gasteiger partial charge in [-0.1, -0.05) is 6.07 Å². The van der Waals surface area contributed by atoms with Gasteiger partial charge in [-0.25, -0.2) is 4.39 Å². The minimum Gasteiger partial charge on any atom is -0.380 e. The summed E-state index contributed by atoms with van der Waals surface area (Å²) in [6.45, 7) is 6.80. The number of rotatable bonds is 4. The largest absolute Gasteiger partial charge is 0.380 e. The topological polar surface area (TPSA) is 61.2 Å². The van der Waals surface area contributed by atoms with E-state index in [1.54, 1.807) is 6.07 Å². The van der Waals surface area contributed by atoms with Crippen LogP contribution in [0.1, 0.15) is 22.5 Å². The van der Waals surface area contributed by atoms with E-state index in [1.165, 1.54) is 0 Å². The van der Waals surface area contributed by atoms with Crippen molar-refractivity contribution in [2.75, 3.05) is 36.5 Å². The number of nitrogens with one attached hydrogen (secondary N) is 1. The van der Waals surface area contributed by atoms with Crippen molar-refractivity contribution in [2.24, 2.45) is 0 Å². The molecule has 1 aromatic carbocycles. The smallest absolute Gasteiger partial charge is 0.146 e. The van der Waals surface area contributed by atoms with E-state index in [1.807, 2.05) is 36.9 Å². The third-order valence-electron chi connectivity index (χ3n) is 4.29. The van der Waals surface area contributed by atoms with Crippen LogP contribution < -0.4 is 10.2 Å². The zero-order chi connectivity index (χ0) is 17.8. The molecular formula is C19H21FN4O. The molecule has 0 saturated carbocycles. The van der Waals surface area contributed by atoms with Crippen molar-refractivity contribution in [1.29, 1.82) is 5.26 Å². The Balaban J connectivity index is 1.74. The van der Waals surface area contributed by atoms with E-state index in [0.29, 0.717) is 49.8 Å². The summed E-state index contributed by atoms with van der Waals surface area (Å²) < 4.78 is 19.8. The molecule has 1 aliphatic heterocycles. The molecule has 25 heavy (non-hydrogen) atoms. The van der Waals surface area contributed by atoms with Gasteiger partial charge in [0.05, 0.1) is 35.8 Å². The minimum atomic E-state index is -0.233. The number of aryl methyl sites for hydroxylation is 2. The Bertz CT molecular complexity index is 810. The number of hydrogen-bond acceptors (Lipinski definition) is 5. The van der Waals surface area contributed by atoms with Crippen molar-refractivity contribution in [1.82, 2.24) is 4.98 Å². The van der Waals surface area contributed by atoms with Gasteiger partial charge in [-0.3, -0.25) is 4.98 Å². The molecule has 0 aliphatic carbocycles. The highest BCUT2D eigenvalue weighted by Gasteiger charge is 2.15. The number of nitriles is 1. The molecule has 130 valence electrons. The Morgan fingerprint density at radius 2 is 2.04 bits per heavy atom. The van der Waals surface area contributed by atoms with E-state index < -0.39 is 0 Å². The first-order valence-electron chi connectivity index (χ1n) is 8.32. The van der Waals surface area contributed by atoms with Gasteiger partial charge in [0.25, 0.3) is 0 Å². The van der Waals surface area contributed by atoms with Crippen LogP contribution in [0.15, 0.2) is 24.3 Å². The Hall–Kier alpha value is -2.65. The molecule has 0 spiro atoms. The van der Waals surface area contributed by atoms with Crippen molar-refractivity contribution < 1.29 is 9.13 Å². The number of morpholine rings is 1. The summed E-state index contributed by atoms with van der Waals surface area (Å²) in [4.78, 5) is 6.30. The summed E-state index contributed by atoms with van der Waals surface area (Å²) in [7, 11) is 0. The lowest BCUT2D eigenvalue weighted by Gasteiger charge is -2.29. The van der Waals surface area contributed by atoms with Crippen LogP contribution in [0, 0.1) is 31.0 Å². The molecule has 1 fully saturated rings. The average Bonchev–Trinajstić information content (AvgIpc) is 2.60. The van der Waals surface area contributed by atoms with E-state index in [9.17, 15) is 9.65 Å². The first kappa shape index (κ1) is 17.2. The van der Waals surface area contributed by atoms with Gasteiger partial charge in [-0.2, -0.15) is 5.26 Å². The second-order valence-electron chi connectivity index (χ2n) is 6.12. The summed E-state index contributed by atoms with van der Waals surface area (Å²) >= 11 is 0. The average molecular weight is 340 g/mol. The van der Waals surface area contributed by atoms with Crippen molar-refractivity contribution in [3.8, 4) is 6.07 Å². The summed E-state index contributed by atoms with van der Waals surface area (Å²) in [6.07, 6.45) is 0. The third-order valence-corrected chi connectivity index (χ3v) is 4.29. The molecule has 0 atom stereocenters. The fourth-order valence-corrected chi connectivity index (χ4v) is 3.03. The first-order chi connectivity index (χ1) is 12.1. The molecule has 1 saturated heterocycles. The molecular weight excluding hydrogens is 319 g/mol. The van der Waals surface area contributed by atoms with Crippen molar-refractivity contribution >= 4 is 11.4 Å². The Morgan fingerprint density at radius 1 is 1.28 bits per heavy atom. The molecule has 0 bridgehead atoms. The normalized spacial score (nSPS) is 14.2. The highest BCUT2D eigenvalue weighted by molar-refractivity contribution is 5.60. The van der Waals surface area contributed by atoms with E-state index in [0.717, 1.165) is 16.9 Å². The quantitative estimate of drug-likeness (QED) is 0.926. The van der Waals surface area contributed by atoms with Gasteiger partial charge in [0.15, 0.2) is 0 Å². The van der Waals surface area contributed by atoms with Crippen LogP contribution in [0.2, 0.25) is 0 Å². The number of benzene rings is 1. The number of anilines is 2. The summed E-state index contributed by atoms with van der Waals surface area (Å²) in [6, 6.07) is 9.28. The van der Waals surface area contributed by atoms with Crippen LogP contribution in [-0.2, 0) is 11.3 Å². The van der Waals surface area contributed by atoms with Crippen LogP contribution in [0.3, 0.4) is 0 Å². The monoisotopic (exact) mass is 340 g/mol. The first-order valence-corrected chi connectivity index (χ1v) is 8.32. The maximum atomic E-state index is 14.5. The SMILES string of the molecule is Cc1cc(NCc2ccc(N3CCOCC3)c(F)c2)c(C#N)c(C)n1. The van der Waals surface area contributed by atoms with Crippen LogP contribution in [0.5, 0.6) is 0 Å². The number of nitrogens with zero attached hydrogens (tertiary/aromatic N) is 3. The Labute approximate surface area is 147 Å². The zero-order valence-corrected chi connectivity index (χ0v) is 14.5. The third kappa shape index (κ3) is 3.89. The number of pyridine rings is 1. The summed E-state index contributed by atoms with van der Waals surface area (Å²) in [5.74, 6) is -0.233. The number of aromatic nitrogens is 1. The molecule has 3 rings (SSSR count). The molecule has 1 N–H and O–H groups in total. The van der Waals surface area contributed by atoms with Crippen LogP contribution >= 0.6 is 0 Å². The predicted molar refractivity (Wildman–Crippen MR) is 95.2 cm³/mol. The fraction of sp³-hybridized carbons (Fsp3) is 0.368. The predicted octanol–water partition coefficient (Wildman–Crippen LogP) is 3.16. The summed E-state index contributed by atoms with van der Waals surface area (Å²) in [5.41, 5.74) is 4.22. The van der Waals surface area contributed by atoms with E-state index in [4.69, 9.17) is 4.74 Å². The summed E-state index contributed by atoms with van der Waals surface area (Å²) in [5, 5.41) is 12.5. The van der Waals surface area contributed by atoms with Gasteiger partial charge in [-0.05, 0) is 37.6 Å². The van der Waals surface area contributed by atoms with Gasteiger partial charge in [-0.15, -0.1) is 0 Å². The number of hydrogen-bond donors (Lipinski definition) is 1. The lowest BCUT2D eigenvalue weighted by Crippen LogP contribution is -2.36. The minimum absolute atomic E-state index is 0.233. The second kappa shape index (κ2) is 7.49. The van der Waals surface area contributed by atoms with E-state index >= 15 is 0 Å². The van der Waals surface area contributed by atoms with E-state index in [-0.39, 0.29) is 5.82 Å². The lowest BCUT2D eigenvalue weighted by molar-refractivity contribution is 0.122. The molecule has 2 aromatic rings. The van der Waals surface area contributed by atoms with Crippen molar-refractivity contribution in [3.05, 3.63) is 52.6 Å². The number of halogens is 1. The highest BCUT2D eigenvalue weighted by atomic mass is 19.1. The molecule has 1 aliphatic rings. The van der Waals surface area contributed by atoms with E-state index in [2.05, 4.69) is 16.4 Å². The van der Waals surface area contributed by atoms with Gasteiger partial charge < -0.3 is 15.0 Å². The molecule has 5 nitrogen and oxygen atoms in total. The maximum absolute atomic E-state index is 14.5. The molecule has 0 radical (unpaired) electrons. The lowest BCUT2D eigenvalue weighted by atomic mass is 10.1. The standard InChI is InChI=1S/C19H21FN4O/c1-13-9-18(16(11-21)14(2)23-13)22-12-15-3-4-19(17(20)10-15)24-5-7-25-8-6-24/h3-4,9-10H,5-8,12H2,1-2H3,(H,22,23). The molecule has 2 heterocycles. The van der Waals surface area contributed by atoms with Gasteiger partial charge in [0.1, 0.15) is 11.9 Å². The number of ether oxygens (including phenoxy) is 1. The second-order valence-corrected chi connectivity index (χ2v) is 6.12. The van der Waals surface area contributed by atoms with Gasteiger partial charge in [0.2, 0.25) is 0 Å². The Morgan fingerprint density at radius 3 is 2.72 bits per heavy atom. The fourth-order valence-electron chi connectivity index (χ4n) is 3.03. The van der Waals surface area contributed by atoms with Crippen LogP contribution in [0.4, 0.5) is 15.8 Å². The molecule has 6 heteroatoms. The van der Waals surface area contributed by atoms with Gasteiger partial charge in [0, 0.05) is 25.3 Å². The molecule has 0 amide bonds. The van der Waals surface area contributed by atoms with Crippen molar-refractivity contribution in [3.63, 3.8) is 0 Å². The van der Waals surface area contributed by atoms with Gasteiger partial charge >= 0.3 is 0 Å². The maximum Gasteiger partial charge on any atom is 0.146 e. The molecule has 0 unspecified atom stereocenters.